The Kier molecular flexibility index (Phi) is 3.38. The van der Waals surface area contributed by atoms with Crippen LogP contribution in [-0.4, -0.2) is 18.1 Å². The van der Waals surface area contributed by atoms with Gasteiger partial charge in [0, 0.05) is 24.2 Å². The lowest BCUT2D eigenvalue weighted by atomic mass is 10.0. The van der Waals surface area contributed by atoms with Gasteiger partial charge < -0.3 is 10.1 Å². The van der Waals surface area contributed by atoms with Gasteiger partial charge in [0.15, 0.2) is 0 Å². The van der Waals surface area contributed by atoms with E-state index in [9.17, 15) is 0 Å². The van der Waals surface area contributed by atoms with Gasteiger partial charge in [-0.1, -0.05) is 6.92 Å². The van der Waals surface area contributed by atoms with Crippen LogP contribution in [0, 0.1) is 0 Å². The van der Waals surface area contributed by atoms with Crippen molar-refractivity contribution < 1.29 is 4.74 Å². The highest BCUT2D eigenvalue weighted by Gasteiger charge is 2.34. The molecule has 1 saturated heterocycles. The Hall–Kier alpha value is -0.450. The molecule has 4 heteroatoms. The minimum Gasteiger partial charge on any atom is -0.368 e. The number of thiazole rings is 1. The van der Waals surface area contributed by atoms with E-state index in [2.05, 4.69) is 24.1 Å². The van der Waals surface area contributed by atoms with Gasteiger partial charge in [0.05, 0.1) is 0 Å². The molecule has 1 aromatic heterocycles. The van der Waals surface area contributed by atoms with E-state index in [4.69, 9.17) is 4.74 Å². The first kappa shape index (κ1) is 11.0. The molecule has 84 valence electrons. The van der Waals surface area contributed by atoms with Crippen LogP contribution in [0.1, 0.15) is 36.6 Å². The summed E-state index contributed by atoms with van der Waals surface area (Å²) in [5, 5.41) is 4.44. The highest BCUT2D eigenvalue weighted by Crippen LogP contribution is 2.37. The van der Waals surface area contributed by atoms with Crippen molar-refractivity contribution in [2.45, 2.75) is 38.8 Å². The van der Waals surface area contributed by atoms with Gasteiger partial charge in [0.25, 0.3) is 0 Å². The molecule has 2 rings (SSSR count). The number of hydrogen-bond acceptors (Lipinski definition) is 4. The largest absolute Gasteiger partial charge is 0.368 e. The van der Waals surface area contributed by atoms with Crippen LogP contribution in [0.5, 0.6) is 0 Å². The third kappa shape index (κ3) is 2.38. The van der Waals surface area contributed by atoms with Crippen LogP contribution >= 0.6 is 11.3 Å². The molecular formula is C11H18N2OS. The first-order valence-corrected chi connectivity index (χ1v) is 6.36. The highest BCUT2D eigenvalue weighted by molar-refractivity contribution is 7.11. The van der Waals surface area contributed by atoms with Crippen LogP contribution in [0.2, 0.25) is 0 Å². The Labute approximate surface area is 94.9 Å². The van der Waals surface area contributed by atoms with Crippen LogP contribution in [0.25, 0.3) is 0 Å². The summed E-state index contributed by atoms with van der Waals surface area (Å²) < 4.78 is 5.77. The monoisotopic (exact) mass is 226 g/mol. The SMILES string of the molecule is CCNCc1cnc(C2(C)CCCO2)s1. The lowest BCUT2D eigenvalue weighted by molar-refractivity contribution is 0.0166. The Morgan fingerprint density at radius 3 is 3.20 bits per heavy atom. The molecule has 1 N–H and O–H groups in total. The number of nitrogens with zero attached hydrogens (tertiary/aromatic N) is 1. The Bertz CT molecular complexity index is 318. The summed E-state index contributed by atoms with van der Waals surface area (Å²) in [4.78, 5) is 5.77. The standard InChI is InChI=1S/C11H18N2OS/c1-3-12-7-9-8-13-10(15-9)11(2)5-4-6-14-11/h8,12H,3-7H2,1-2H3. The number of ether oxygens (including phenoxy) is 1. The second kappa shape index (κ2) is 4.60. The molecule has 0 spiro atoms. The van der Waals surface area contributed by atoms with Gasteiger partial charge in [0.2, 0.25) is 0 Å². The van der Waals surface area contributed by atoms with Crippen molar-refractivity contribution in [2.75, 3.05) is 13.2 Å². The minimum absolute atomic E-state index is 0.116. The van der Waals surface area contributed by atoms with Crippen molar-refractivity contribution in [3.63, 3.8) is 0 Å². The molecule has 0 amide bonds. The molecule has 1 unspecified atom stereocenters. The fourth-order valence-corrected chi connectivity index (χ4v) is 2.84. The van der Waals surface area contributed by atoms with E-state index in [1.807, 2.05) is 6.20 Å². The van der Waals surface area contributed by atoms with Crippen molar-refractivity contribution in [1.82, 2.24) is 10.3 Å². The zero-order chi connectivity index (χ0) is 10.7. The number of nitrogens with one attached hydrogen (secondary N) is 1. The molecule has 0 aliphatic carbocycles. The van der Waals surface area contributed by atoms with Crippen LogP contribution < -0.4 is 5.32 Å². The first-order valence-electron chi connectivity index (χ1n) is 5.54. The predicted molar refractivity (Wildman–Crippen MR) is 62.0 cm³/mol. The average molecular weight is 226 g/mol. The fourth-order valence-electron chi connectivity index (χ4n) is 1.83. The molecule has 0 aromatic carbocycles. The van der Waals surface area contributed by atoms with E-state index in [-0.39, 0.29) is 5.60 Å². The van der Waals surface area contributed by atoms with E-state index < -0.39 is 0 Å². The maximum Gasteiger partial charge on any atom is 0.125 e. The third-order valence-corrected chi connectivity index (χ3v) is 4.02. The molecule has 1 aliphatic heterocycles. The zero-order valence-electron chi connectivity index (χ0n) is 9.38. The van der Waals surface area contributed by atoms with Crippen molar-refractivity contribution >= 4 is 11.3 Å². The third-order valence-electron chi connectivity index (χ3n) is 2.77. The summed E-state index contributed by atoms with van der Waals surface area (Å²) in [5.41, 5.74) is -0.116. The molecule has 0 radical (unpaired) electrons. The fraction of sp³-hybridized carbons (Fsp3) is 0.727. The van der Waals surface area contributed by atoms with Gasteiger partial charge in [-0.3, -0.25) is 0 Å². The molecule has 1 aromatic rings. The quantitative estimate of drug-likeness (QED) is 0.855. The Balaban J connectivity index is 2.05. The van der Waals surface area contributed by atoms with Crippen molar-refractivity contribution in [3.8, 4) is 0 Å². The molecule has 3 nitrogen and oxygen atoms in total. The van der Waals surface area contributed by atoms with Gasteiger partial charge >= 0.3 is 0 Å². The molecule has 2 heterocycles. The normalized spacial score (nSPS) is 26.0. The van der Waals surface area contributed by atoms with Crippen LogP contribution in [0.15, 0.2) is 6.20 Å². The molecule has 0 bridgehead atoms. The molecule has 0 saturated carbocycles. The molecule has 1 aliphatic rings. The van der Waals surface area contributed by atoms with Gasteiger partial charge in [-0.15, -0.1) is 11.3 Å². The number of rotatable bonds is 4. The van der Waals surface area contributed by atoms with Crippen molar-refractivity contribution in [1.29, 1.82) is 0 Å². The lowest BCUT2D eigenvalue weighted by Gasteiger charge is -2.19. The summed E-state index contributed by atoms with van der Waals surface area (Å²) in [5.74, 6) is 0. The minimum atomic E-state index is -0.116. The lowest BCUT2D eigenvalue weighted by Crippen LogP contribution is -2.19. The van der Waals surface area contributed by atoms with E-state index in [0.29, 0.717) is 0 Å². The van der Waals surface area contributed by atoms with Crippen LogP contribution in [-0.2, 0) is 16.9 Å². The van der Waals surface area contributed by atoms with E-state index >= 15 is 0 Å². The number of aromatic nitrogens is 1. The van der Waals surface area contributed by atoms with Crippen LogP contribution in [0.4, 0.5) is 0 Å². The number of hydrogen-bond donors (Lipinski definition) is 1. The summed E-state index contributed by atoms with van der Waals surface area (Å²) in [6.45, 7) is 7.06. The van der Waals surface area contributed by atoms with Crippen LogP contribution in [0.3, 0.4) is 0 Å². The van der Waals surface area contributed by atoms with E-state index in [0.717, 1.165) is 37.5 Å². The maximum atomic E-state index is 5.77. The molecule has 15 heavy (non-hydrogen) atoms. The van der Waals surface area contributed by atoms with Gasteiger partial charge in [-0.25, -0.2) is 4.98 Å². The van der Waals surface area contributed by atoms with Gasteiger partial charge in [-0.2, -0.15) is 0 Å². The summed E-state index contributed by atoms with van der Waals surface area (Å²) in [7, 11) is 0. The Morgan fingerprint density at radius 2 is 2.53 bits per heavy atom. The Morgan fingerprint density at radius 1 is 1.67 bits per heavy atom. The molecular weight excluding hydrogens is 208 g/mol. The first-order chi connectivity index (χ1) is 7.24. The smallest absolute Gasteiger partial charge is 0.125 e. The summed E-state index contributed by atoms with van der Waals surface area (Å²) in [6, 6.07) is 0. The topological polar surface area (TPSA) is 34.2 Å². The molecule has 1 atom stereocenters. The maximum absolute atomic E-state index is 5.77. The average Bonchev–Trinajstić information content (AvgIpc) is 2.84. The summed E-state index contributed by atoms with van der Waals surface area (Å²) >= 11 is 1.77. The summed E-state index contributed by atoms with van der Waals surface area (Å²) in [6.07, 6.45) is 4.22. The van der Waals surface area contributed by atoms with E-state index in [1.165, 1.54) is 4.88 Å². The van der Waals surface area contributed by atoms with Gasteiger partial charge in [-0.05, 0) is 26.3 Å². The van der Waals surface area contributed by atoms with Gasteiger partial charge in [0.1, 0.15) is 10.6 Å². The van der Waals surface area contributed by atoms with E-state index in [1.54, 1.807) is 11.3 Å². The van der Waals surface area contributed by atoms with Crippen molar-refractivity contribution in [2.24, 2.45) is 0 Å². The predicted octanol–water partition coefficient (Wildman–Crippen LogP) is 2.28. The molecule has 1 fully saturated rings. The highest BCUT2D eigenvalue weighted by atomic mass is 32.1. The zero-order valence-corrected chi connectivity index (χ0v) is 10.2. The second-order valence-electron chi connectivity index (χ2n) is 4.09. The second-order valence-corrected chi connectivity index (χ2v) is 5.21. The van der Waals surface area contributed by atoms with Crippen molar-refractivity contribution in [3.05, 3.63) is 16.1 Å².